The minimum Gasteiger partial charge on any atom is -0.497 e. The molecule has 2 heterocycles. The minimum absolute atomic E-state index is 0.286. The van der Waals surface area contributed by atoms with Gasteiger partial charge in [0, 0.05) is 24.7 Å². The summed E-state index contributed by atoms with van der Waals surface area (Å²) in [5.74, 6) is 3.33. The highest BCUT2D eigenvalue weighted by molar-refractivity contribution is 6.00. The van der Waals surface area contributed by atoms with Gasteiger partial charge in [-0.05, 0) is 42.7 Å². The summed E-state index contributed by atoms with van der Waals surface area (Å²) in [5, 5.41) is 11.8. The van der Waals surface area contributed by atoms with E-state index in [0.717, 1.165) is 43.6 Å². The van der Waals surface area contributed by atoms with Crippen LogP contribution in [-0.2, 0) is 19.5 Å². The first-order chi connectivity index (χ1) is 16.1. The molecule has 0 bridgehead atoms. The Balaban J connectivity index is 1.68. The number of aromatic nitrogens is 3. The van der Waals surface area contributed by atoms with Gasteiger partial charge in [-0.3, -0.25) is 9.47 Å². The van der Waals surface area contributed by atoms with Crippen LogP contribution in [0.4, 0.5) is 16.4 Å². The molecule has 0 atom stereocenters. The number of nitrogens with one attached hydrogen (secondary N) is 1. The normalized spacial score (nSPS) is 12.9. The van der Waals surface area contributed by atoms with Crippen molar-refractivity contribution in [2.45, 2.75) is 38.8 Å². The van der Waals surface area contributed by atoms with E-state index in [-0.39, 0.29) is 12.6 Å². The number of anilines is 2. The van der Waals surface area contributed by atoms with Crippen LogP contribution in [0.2, 0.25) is 0 Å². The average Bonchev–Trinajstić information content (AvgIpc) is 3.09. The maximum Gasteiger partial charge on any atom is 0.329 e. The predicted molar refractivity (Wildman–Crippen MR) is 125 cm³/mol. The number of ether oxygens (including phenoxy) is 3. The maximum atomic E-state index is 13.5. The SMILES string of the molecule is COc1cccc(NC(=O)N(Cc2ccc(OC)c(OC)c2)c2nnc3n2CCCCC3)c1. The number of carbonyl (C=O) groups excluding carboxylic acids is 1. The van der Waals surface area contributed by atoms with E-state index in [1.807, 2.05) is 36.4 Å². The zero-order valence-electron chi connectivity index (χ0n) is 19.2. The Kier molecular flexibility index (Phi) is 6.97. The molecule has 3 aromatic rings. The Morgan fingerprint density at radius 3 is 2.64 bits per heavy atom. The molecule has 0 spiro atoms. The van der Waals surface area contributed by atoms with Crippen LogP contribution in [0, 0.1) is 0 Å². The maximum absolute atomic E-state index is 13.5. The van der Waals surface area contributed by atoms with Gasteiger partial charge in [0.15, 0.2) is 11.5 Å². The third-order valence-electron chi connectivity index (χ3n) is 5.69. The van der Waals surface area contributed by atoms with Crippen LogP contribution in [-0.4, -0.2) is 42.1 Å². The molecule has 33 heavy (non-hydrogen) atoms. The summed E-state index contributed by atoms with van der Waals surface area (Å²) in [6.07, 6.45) is 4.09. The molecule has 1 N–H and O–H groups in total. The minimum atomic E-state index is -0.308. The van der Waals surface area contributed by atoms with Gasteiger partial charge >= 0.3 is 6.03 Å². The fourth-order valence-corrected chi connectivity index (χ4v) is 3.96. The summed E-state index contributed by atoms with van der Waals surface area (Å²) in [4.78, 5) is 15.1. The largest absolute Gasteiger partial charge is 0.497 e. The Labute approximate surface area is 193 Å². The number of nitrogens with zero attached hydrogens (tertiary/aromatic N) is 4. The van der Waals surface area contributed by atoms with Crippen LogP contribution in [0.25, 0.3) is 0 Å². The second-order valence-corrected chi connectivity index (χ2v) is 7.82. The third-order valence-corrected chi connectivity index (χ3v) is 5.69. The number of fused-ring (bicyclic) bond motifs is 1. The highest BCUT2D eigenvalue weighted by atomic mass is 16.5. The van der Waals surface area contributed by atoms with Gasteiger partial charge in [0.2, 0.25) is 5.95 Å². The summed E-state index contributed by atoms with van der Waals surface area (Å²) in [5.41, 5.74) is 1.51. The molecule has 0 fully saturated rings. The molecule has 2 amide bonds. The van der Waals surface area contributed by atoms with E-state index in [4.69, 9.17) is 14.2 Å². The monoisotopic (exact) mass is 451 g/mol. The molecule has 0 saturated heterocycles. The van der Waals surface area contributed by atoms with Crippen molar-refractivity contribution in [1.29, 1.82) is 0 Å². The molecule has 0 saturated carbocycles. The van der Waals surface area contributed by atoms with E-state index < -0.39 is 0 Å². The number of rotatable bonds is 7. The number of amides is 2. The van der Waals surface area contributed by atoms with Crippen LogP contribution in [0.5, 0.6) is 17.2 Å². The van der Waals surface area contributed by atoms with Crippen molar-refractivity contribution < 1.29 is 19.0 Å². The first-order valence-electron chi connectivity index (χ1n) is 11.0. The van der Waals surface area contributed by atoms with Crippen LogP contribution in [0.3, 0.4) is 0 Å². The van der Waals surface area contributed by atoms with Crippen LogP contribution >= 0.6 is 0 Å². The zero-order chi connectivity index (χ0) is 23.2. The van der Waals surface area contributed by atoms with Gasteiger partial charge in [0.25, 0.3) is 0 Å². The Morgan fingerprint density at radius 2 is 1.85 bits per heavy atom. The van der Waals surface area contributed by atoms with Crippen molar-refractivity contribution in [3.63, 3.8) is 0 Å². The molecular weight excluding hydrogens is 422 g/mol. The number of aryl methyl sites for hydroxylation is 1. The lowest BCUT2D eigenvalue weighted by Gasteiger charge is -2.23. The van der Waals surface area contributed by atoms with Crippen molar-refractivity contribution in [2.75, 3.05) is 31.5 Å². The number of hydrogen-bond donors (Lipinski definition) is 1. The number of benzene rings is 2. The predicted octanol–water partition coefficient (Wildman–Crippen LogP) is 4.27. The first-order valence-corrected chi connectivity index (χ1v) is 11.0. The van der Waals surface area contributed by atoms with Crippen LogP contribution < -0.4 is 24.4 Å². The van der Waals surface area contributed by atoms with Crippen molar-refractivity contribution in [1.82, 2.24) is 14.8 Å². The van der Waals surface area contributed by atoms with E-state index in [2.05, 4.69) is 20.1 Å². The summed E-state index contributed by atoms with van der Waals surface area (Å²) >= 11 is 0. The van der Waals surface area contributed by atoms with Gasteiger partial charge in [-0.15, -0.1) is 10.2 Å². The zero-order valence-corrected chi connectivity index (χ0v) is 19.2. The molecule has 0 radical (unpaired) electrons. The molecular formula is C24H29N5O4. The third kappa shape index (κ3) is 5.02. The summed E-state index contributed by atoms with van der Waals surface area (Å²) < 4.78 is 18.1. The van der Waals surface area contributed by atoms with Crippen LogP contribution in [0.1, 0.15) is 30.7 Å². The van der Waals surface area contributed by atoms with Gasteiger partial charge in [0.1, 0.15) is 11.6 Å². The van der Waals surface area contributed by atoms with Crippen molar-refractivity contribution in [3.8, 4) is 17.2 Å². The fraction of sp³-hybridized carbons (Fsp3) is 0.375. The molecule has 1 aliphatic rings. The first kappa shape index (κ1) is 22.4. The molecule has 0 aliphatic carbocycles. The van der Waals surface area contributed by atoms with Gasteiger partial charge in [-0.25, -0.2) is 4.79 Å². The van der Waals surface area contributed by atoms with E-state index >= 15 is 0 Å². The number of hydrogen-bond acceptors (Lipinski definition) is 6. The van der Waals surface area contributed by atoms with Gasteiger partial charge in [0.05, 0.1) is 27.9 Å². The molecule has 174 valence electrons. The highest BCUT2D eigenvalue weighted by Gasteiger charge is 2.25. The lowest BCUT2D eigenvalue weighted by Crippen LogP contribution is -2.36. The second-order valence-electron chi connectivity index (χ2n) is 7.82. The van der Waals surface area contributed by atoms with E-state index in [9.17, 15) is 4.79 Å². The highest BCUT2D eigenvalue weighted by Crippen LogP contribution is 2.29. The molecule has 0 unspecified atom stereocenters. The van der Waals surface area contributed by atoms with Gasteiger partial charge < -0.3 is 19.5 Å². The average molecular weight is 452 g/mol. The number of methoxy groups -OCH3 is 3. The molecule has 4 rings (SSSR count). The lowest BCUT2D eigenvalue weighted by molar-refractivity contribution is 0.256. The second kappa shape index (κ2) is 10.2. The van der Waals surface area contributed by atoms with E-state index in [1.54, 1.807) is 32.3 Å². The Hall–Kier alpha value is -3.75. The fourth-order valence-electron chi connectivity index (χ4n) is 3.96. The lowest BCUT2D eigenvalue weighted by atomic mass is 10.2. The standard InChI is InChI=1S/C24H29N5O4/c1-31-19-9-7-8-18(15-19)25-24(30)29(16-17-11-12-20(32-2)21(14-17)33-3)23-27-26-22-10-5-4-6-13-28(22)23/h7-9,11-12,14-15H,4-6,10,13,16H2,1-3H3,(H,25,30). The molecule has 9 nitrogen and oxygen atoms in total. The quantitative estimate of drug-likeness (QED) is 0.577. The number of urea groups is 1. The summed E-state index contributed by atoms with van der Waals surface area (Å²) in [6.45, 7) is 1.07. The molecule has 1 aliphatic heterocycles. The van der Waals surface area contributed by atoms with Crippen LogP contribution in [0.15, 0.2) is 42.5 Å². The van der Waals surface area contributed by atoms with E-state index in [0.29, 0.717) is 28.9 Å². The van der Waals surface area contributed by atoms with Crippen molar-refractivity contribution in [2.24, 2.45) is 0 Å². The molecule has 2 aromatic carbocycles. The molecule has 9 heteroatoms. The van der Waals surface area contributed by atoms with Crippen molar-refractivity contribution >= 4 is 17.7 Å². The topological polar surface area (TPSA) is 90.7 Å². The molecule has 1 aromatic heterocycles. The summed E-state index contributed by atoms with van der Waals surface area (Å²) in [7, 11) is 4.78. The summed E-state index contributed by atoms with van der Waals surface area (Å²) in [6, 6.07) is 12.5. The Bertz CT molecular complexity index is 1110. The Morgan fingerprint density at radius 1 is 1.00 bits per heavy atom. The van der Waals surface area contributed by atoms with Crippen molar-refractivity contribution in [3.05, 3.63) is 53.9 Å². The van der Waals surface area contributed by atoms with E-state index in [1.165, 1.54) is 0 Å². The van der Waals surface area contributed by atoms with Gasteiger partial charge in [-0.1, -0.05) is 18.6 Å². The van der Waals surface area contributed by atoms with Gasteiger partial charge in [-0.2, -0.15) is 0 Å². The smallest absolute Gasteiger partial charge is 0.329 e. The number of carbonyl (C=O) groups is 1.